The highest BCUT2D eigenvalue weighted by Gasteiger charge is 2.55. The van der Waals surface area contributed by atoms with E-state index in [-0.39, 0.29) is 66.3 Å². The van der Waals surface area contributed by atoms with Crippen molar-refractivity contribution in [3.05, 3.63) is 123 Å². The van der Waals surface area contributed by atoms with E-state index >= 15 is 0 Å². The minimum absolute atomic E-state index is 0.00446. The lowest BCUT2D eigenvalue weighted by Gasteiger charge is -2.49. The Labute approximate surface area is 407 Å². The highest BCUT2D eigenvalue weighted by molar-refractivity contribution is 8.76. The van der Waals surface area contributed by atoms with E-state index in [0.29, 0.717) is 77.7 Å². The lowest BCUT2D eigenvalue weighted by Crippen LogP contribution is -2.42. The number of aryl methyl sites for hydroxylation is 1. The fourth-order valence-electron chi connectivity index (χ4n) is 12.5. The van der Waals surface area contributed by atoms with Gasteiger partial charge < -0.3 is 46.8 Å². The topological polar surface area (TPSA) is 215 Å². The molecule has 0 spiro atoms. The Bertz CT molecular complexity index is 2580. The molecule has 3 saturated carbocycles. The lowest BCUT2D eigenvalue weighted by molar-refractivity contribution is -0.307. The Morgan fingerprint density at radius 1 is 0.926 bits per heavy atom. The van der Waals surface area contributed by atoms with Crippen LogP contribution in [-0.4, -0.2) is 68.2 Å². The summed E-state index contributed by atoms with van der Waals surface area (Å²) in [6.45, 7) is -0.0440. The van der Waals surface area contributed by atoms with Gasteiger partial charge >= 0.3 is 0 Å². The molecule has 2 heterocycles. The maximum absolute atomic E-state index is 14.2. The van der Waals surface area contributed by atoms with Crippen molar-refractivity contribution in [1.29, 1.82) is 0 Å². The Morgan fingerprint density at radius 3 is 2.56 bits per heavy atom. The Kier molecular flexibility index (Phi) is 14.9. The van der Waals surface area contributed by atoms with Crippen molar-refractivity contribution in [1.82, 2.24) is 0 Å². The molecular formula is C55H64N3O8S2-. The van der Waals surface area contributed by atoms with Crippen LogP contribution in [0.1, 0.15) is 128 Å². The number of nitrogens with zero attached hydrogens (tertiary/aromatic N) is 1. The van der Waals surface area contributed by atoms with Gasteiger partial charge in [-0.2, -0.15) is 0 Å². The van der Waals surface area contributed by atoms with Crippen molar-refractivity contribution in [3.8, 4) is 29.1 Å². The number of fused-ring (bicyclic) bond motifs is 10. The molecule has 3 fully saturated rings. The number of hydrogen-bond donors (Lipinski definition) is 7. The number of aliphatic hydroxyl groups excluding tert-OH is 3. The summed E-state index contributed by atoms with van der Waals surface area (Å²) < 4.78 is 6.17. The molecule has 360 valence electrons. The molecule has 2 aliphatic heterocycles. The van der Waals surface area contributed by atoms with Gasteiger partial charge in [-0.1, -0.05) is 70.2 Å². The number of carbonyl (C=O) groups excluding carboxylic acids is 1. The van der Waals surface area contributed by atoms with Crippen LogP contribution in [0, 0.1) is 40.4 Å². The molecule has 8 atom stereocenters. The molecule has 9 rings (SSSR count). The lowest BCUT2D eigenvalue weighted by atomic mass is 9.56. The standard InChI is InChI=1S/C55H65N3O8S2/c56-53(57)44-23-35-3-1-5-47-42(15-19-58-47)50(64)25-45-43(35)24-36(44)31-67-68-32-37-26-55(29-51(37)65,39-10-9-38-4-2-17-54(38,27-39)28-41(61)30-59)18-14-40(60)11-6-33-8-13-49(63)52(22-33)66-20-16-34-7-12-48(62)46(45)21-34/h7-8,12-15,18-19,21-24,37-39,41,45,51,53,59,61-65H,2,4-6,9-11,16-17,20,25-32,56-57H2/p-1. The van der Waals surface area contributed by atoms with Crippen LogP contribution in [0.3, 0.4) is 0 Å². The molecule has 3 aromatic carbocycles. The minimum atomic E-state index is -0.807. The third-order valence-corrected chi connectivity index (χ3v) is 18.5. The fourth-order valence-corrected chi connectivity index (χ4v) is 15.0. The van der Waals surface area contributed by atoms with Gasteiger partial charge in [0.25, 0.3) is 0 Å². The molecular weight excluding hydrogens is 895 g/mol. The van der Waals surface area contributed by atoms with Crippen molar-refractivity contribution in [2.75, 3.05) is 19.0 Å². The molecule has 0 amide bonds. The van der Waals surface area contributed by atoms with Crippen molar-refractivity contribution in [3.63, 3.8) is 0 Å². The number of nitrogens with two attached hydrogens (primary N) is 2. The normalized spacial score (nSPS) is 29.2. The molecule has 8 bridgehead atoms. The van der Waals surface area contributed by atoms with E-state index in [9.17, 15) is 35.4 Å². The van der Waals surface area contributed by atoms with E-state index in [2.05, 4.69) is 29.0 Å². The Hall–Kier alpha value is -4.52. The number of aliphatic hydroxyl groups is 3. The minimum Gasteiger partial charge on any atom is -0.875 e. The number of aromatic hydroxyl groups is 2. The SMILES string of the molecule is NC(N)c1cc2c3cc1CSSCC1CC(C4CCC5CCCC5(CC(O)CO)C4)(C=CC(=O)CCc4ccc(O)c(c4)OCCc4ccc(O)c(c4)C3CC([O-])=C3C=CN=C3CC#C2)CC1O. The van der Waals surface area contributed by atoms with Crippen LogP contribution in [0.25, 0.3) is 0 Å². The molecule has 6 aliphatic rings. The number of allylic oxidation sites excluding steroid dienone is 5. The summed E-state index contributed by atoms with van der Waals surface area (Å²) in [7, 11) is 3.36. The molecule has 0 aromatic heterocycles. The molecule has 4 aliphatic carbocycles. The van der Waals surface area contributed by atoms with E-state index in [0.717, 1.165) is 72.8 Å². The van der Waals surface area contributed by atoms with Crippen LogP contribution in [-0.2, 0) is 23.4 Å². The summed E-state index contributed by atoms with van der Waals surface area (Å²) in [6, 6.07) is 14.5. The van der Waals surface area contributed by atoms with Gasteiger partial charge in [0.05, 0.1) is 43.7 Å². The number of rotatable bonds is 5. The third-order valence-electron chi connectivity index (χ3n) is 16.0. The van der Waals surface area contributed by atoms with Crippen molar-refractivity contribution < 1.29 is 40.2 Å². The molecule has 9 N–H and O–H groups in total. The molecule has 0 radical (unpaired) electrons. The number of benzene rings is 3. The van der Waals surface area contributed by atoms with Crippen LogP contribution >= 0.6 is 21.6 Å². The second kappa shape index (κ2) is 20.8. The monoisotopic (exact) mass is 958 g/mol. The summed E-state index contributed by atoms with van der Waals surface area (Å²) in [5, 5.41) is 69.3. The van der Waals surface area contributed by atoms with E-state index in [1.807, 2.05) is 18.2 Å². The van der Waals surface area contributed by atoms with E-state index in [4.69, 9.17) is 16.2 Å². The number of phenolic OH excluding ortho intramolecular Hbond substituents is 2. The van der Waals surface area contributed by atoms with Gasteiger partial charge in [0.15, 0.2) is 17.3 Å². The average Bonchev–Trinajstić information content (AvgIpc) is 4.06. The van der Waals surface area contributed by atoms with Crippen LogP contribution in [0.4, 0.5) is 0 Å². The van der Waals surface area contributed by atoms with Gasteiger partial charge in [-0.25, -0.2) is 0 Å². The molecule has 68 heavy (non-hydrogen) atoms. The number of ketones is 1. The van der Waals surface area contributed by atoms with Crippen LogP contribution in [0.15, 0.2) is 89.3 Å². The van der Waals surface area contributed by atoms with Gasteiger partial charge in [-0.15, -0.1) is 5.76 Å². The molecule has 11 nitrogen and oxygen atoms in total. The molecule has 0 saturated heterocycles. The van der Waals surface area contributed by atoms with Crippen LogP contribution in [0.5, 0.6) is 17.2 Å². The summed E-state index contributed by atoms with van der Waals surface area (Å²) in [6.07, 6.45) is 14.6. The van der Waals surface area contributed by atoms with E-state index in [1.165, 1.54) is 0 Å². The Balaban J connectivity index is 1.08. The second-order valence-electron chi connectivity index (χ2n) is 20.2. The quantitative estimate of drug-likeness (QED) is 0.0751. The first-order chi connectivity index (χ1) is 32.8. The number of aliphatic imine (C=N–C) groups is 1. The first-order valence-electron chi connectivity index (χ1n) is 24.3. The largest absolute Gasteiger partial charge is 0.875 e. The summed E-state index contributed by atoms with van der Waals surface area (Å²) in [4.78, 5) is 18.2. The van der Waals surface area contributed by atoms with Gasteiger partial charge in [0.2, 0.25) is 0 Å². The zero-order valence-electron chi connectivity index (χ0n) is 38.6. The predicted molar refractivity (Wildman–Crippen MR) is 267 cm³/mol. The van der Waals surface area contributed by atoms with Gasteiger partial charge in [-0.05, 0) is 163 Å². The highest BCUT2D eigenvalue weighted by atomic mass is 33.1. The molecule has 13 heteroatoms. The zero-order valence-corrected chi connectivity index (χ0v) is 40.2. The Morgan fingerprint density at radius 2 is 1.74 bits per heavy atom. The fraction of sp³-hybridized carbons (Fsp3) is 0.491. The highest BCUT2D eigenvalue weighted by Crippen LogP contribution is 2.63. The molecule has 3 aromatic rings. The number of hydrogen-bond acceptors (Lipinski definition) is 13. The summed E-state index contributed by atoms with van der Waals surface area (Å²) in [5.41, 5.74) is 19.0. The maximum Gasteiger partial charge on any atom is 0.161 e. The van der Waals surface area contributed by atoms with Crippen molar-refractivity contribution in [2.45, 2.75) is 120 Å². The predicted octanol–water partition coefficient (Wildman–Crippen LogP) is 7.54. The second-order valence-corrected chi connectivity index (χ2v) is 22.7. The van der Waals surface area contributed by atoms with Crippen molar-refractivity contribution in [2.24, 2.45) is 45.0 Å². The molecule has 8 unspecified atom stereocenters. The van der Waals surface area contributed by atoms with E-state index < -0.39 is 29.7 Å². The summed E-state index contributed by atoms with van der Waals surface area (Å²) >= 11 is 0. The van der Waals surface area contributed by atoms with Gasteiger partial charge in [0.1, 0.15) is 5.75 Å². The number of carbonyl (C=O) groups is 1. The first-order valence-corrected chi connectivity index (χ1v) is 26.8. The summed E-state index contributed by atoms with van der Waals surface area (Å²) in [5.74, 6) is 8.13. The number of ether oxygens (including phenoxy) is 1. The first kappa shape index (κ1) is 48.5. The number of phenols is 2. The van der Waals surface area contributed by atoms with Gasteiger partial charge in [-0.3, -0.25) is 9.79 Å². The maximum atomic E-state index is 14.2. The van der Waals surface area contributed by atoms with Gasteiger partial charge in [0, 0.05) is 47.6 Å². The van der Waals surface area contributed by atoms with Crippen LogP contribution in [0.2, 0.25) is 0 Å². The smallest absolute Gasteiger partial charge is 0.161 e. The third kappa shape index (κ3) is 10.3. The van der Waals surface area contributed by atoms with E-state index in [1.54, 1.807) is 64.2 Å². The van der Waals surface area contributed by atoms with Crippen LogP contribution < -0.4 is 21.3 Å². The average molecular weight is 959 g/mol. The zero-order chi connectivity index (χ0) is 47.6. The van der Waals surface area contributed by atoms with Crippen molar-refractivity contribution >= 4 is 33.1 Å².